The molecule has 1 spiro atoms. The molecule has 1 saturated carbocycles. The van der Waals surface area contributed by atoms with Crippen LogP contribution in [0.25, 0.3) is 0 Å². The first-order chi connectivity index (χ1) is 6.28. The number of epoxide rings is 1. The molecule has 13 heavy (non-hydrogen) atoms. The summed E-state index contributed by atoms with van der Waals surface area (Å²) in [6.07, 6.45) is 7.14. The molecule has 0 aromatic heterocycles. The highest BCUT2D eigenvalue weighted by molar-refractivity contribution is 5.96. The summed E-state index contributed by atoms with van der Waals surface area (Å²) in [5.41, 5.74) is -0.390. The van der Waals surface area contributed by atoms with Gasteiger partial charge in [-0.2, -0.15) is 0 Å². The monoisotopic (exact) mass is 176 g/mol. The van der Waals surface area contributed by atoms with E-state index < -0.39 is 0 Å². The van der Waals surface area contributed by atoms with Gasteiger partial charge in [0.2, 0.25) is 0 Å². The largest absolute Gasteiger partial charge is 0.361 e. The Labute approximate surface area is 77.3 Å². The highest BCUT2D eigenvalue weighted by Crippen LogP contribution is 2.52. The van der Waals surface area contributed by atoms with Gasteiger partial charge in [-0.3, -0.25) is 4.79 Å². The molecule has 4 aliphatic rings. The summed E-state index contributed by atoms with van der Waals surface area (Å²) in [5, 5.41) is 0. The van der Waals surface area contributed by atoms with E-state index in [1.54, 1.807) is 0 Å². The summed E-state index contributed by atoms with van der Waals surface area (Å²) in [6, 6.07) is 0. The van der Waals surface area contributed by atoms with E-state index in [1.165, 1.54) is 0 Å². The Morgan fingerprint density at radius 1 is 1.62 bits per heavy atom. The normalized spacial score (nSPS) is 51.4. The minimum Gasteiger partial charge on any atom is -0.361 e. The van der Waals surface area contributed by atoms with Crippen molar-refractivity contribution in [3.05, 3.63) is 24.8 Å². The number of allylic oxidation sites excluding steroid dienone is 2. The van der Waals surface area contributed by atoms with E-state index >= 15 is 0 Å². The second-order valence-corrected chi connectivity index (χ2v) is 4.19. The molecule has 2 fully saturated rings. The van der Waals surface area contributed by atoms with Gasteiger partial charge in [0.1, 0.15) is 0 Å². The molecule has 4 atom stereocenters. The van der Waals surface area contributed by atoms with Gasteiger partial charge in [0.05, 0.1) is 6.61 Å². The molecule has 0 amide bonds. The van der Waals surface area contributed by atoms with Crippen LogP contribution in [0.3, 0.4) is 0 Å². The zero-order chi connectivity index (χ0) is 9.05. The zero-order valence-corrected chi connectivity index (χ0v) is 7.40. The van der Waals surface area contributed by atoms with Gasteiger partial charge in [-0.1, -0.05) is 18.2 Å². The number of fused-ring (bicyclic) bond motifs is 1. The lowest BCUT2D eigenvalue weighted by Gasteiger charge is -2.39. The molecule has 4 unspecified atom stereocenters. The van der Waals surface area contributed by atoms with Crippen molar-refractivity contribution in [3.8, 4) is 0 Å². The van der Waals surface area contributed by atoms with Crippen LogP contribution in [0.4, 0.5) is 0 Å². The van der Waals surface area contributed by atoms with E-state index in [9.17, 15) is 4.79 Å². The summed E-state index contributed by atoms with van der Waals surface area (Å²) >= 11 is 0. The number of hydrogen-bond acceptors (Lipinski definition) is 2. The fourth-order valence-electron chi connectivity index (χ4n) is 2.68. The fraction of sp³-hybridized carbons (Fsp3) is 0.545. The minimum absolute atomic E-state index is 0.0463. The topological polar surface area (TPSA) is 29.6 Å². The number of carbonyl (C=O) groups is 1. The van der Waals surface area contributed by atoms with Crippen LogP contribution in [0, 0.1) is 17.8 Å². The molecule has 0 aromatic rings. The van der Waals surface area contributed by atoms with Crippen molar-refractivity contribution in [1.82, 2.24) is 0 Å². The van der Waals surface area contributed by atoms with E-state index in [4.69, 9.17) is 4.74 Å². The number of carbonyl (C=O) groups excluding carboxylic acids is 1. The van der Waals surface area contributed by atoms with E-state index in [2.05, 4.69) is 12.7 Å². The van der Waals surface area contributed by atoms with Gasteiger partial charge in [-0.25, -0.2) is 0 Å². The first-order valence-corrected chi connectivity index (χ1v) is 4.77. The molecule has 1 saturated heterocycles. The molecule has 0 N–H and O–H groups in total. The lowest BCUT2D eigenvalue weighted by atomic mass is 9.63. The molecule has 2 bridgehead atoms. The van der Waals surface area contributed by atoms with E-state index in [-0.39, 0.29) is 17.3 Å². The molecule has 1 aliphatic heterocycles. The minimum atomic E-state index is -0.390. The number of Topliss-reactive ketones (excluding diaryl/α,β-unsaturated/α-hetero) is 1. The third-order valence-electron chi connectivity index (χ3n) is 3.62. The summed E-state index contributed by atoms with van der Waals surface area (Å²) in [4.78, 5) is 11.9. The summed E-state index contributed by atoms with van der Waals surface area (Å²) < 4.78 is 5.34. The molecule has 2 heteroatoms. The Hall–Kier alpha value is -0.890. The van der Waals surface area contributed by atoms with Crippen LogP contribution in [0.15, 0.2) is 24.8 Å². The van der Waals surface area contributed by atoms with Crippen molar-refractivity contribution in [3.63, 3.8) is 0 Å². The Kier molecular flexibility index (Phi) is 1.23. The van der Waals surface area contributed by atoms with Gasteiger partial charge in [0.15, 0.2) is 11.4 Å². The van der Waals surface area contributed by atoms with Crippen molar-refractivity contribution in [2.75, 3.05) is 6.61 Å². The third kappa shape index (κ3) is 0.748. The van der Waals surface area contributed by atoms with E-state index in [1.807, 2.05) is 12.2 Å². The van der Waals surface area contributed by atoms with Gasteiger partial charge in [0, 0.05) is 11.8 Å². The molecule has 4 rings (SSSR count). The second-order valence-electron chi connectivity index (χ2n) is 4.19. The maximum absolute atomic E-state index is 11.9. The number of hydrogen-bond donors (Lipinski definition) is 0. The smallest absolute Gasteiger partial charge is 0.175 e. The Morgan fingerprint density at radius 2 is 2.38 bits per heavy atom. The standard InChI is InChI=1S/C11H12O2/c1-2-7-5-8-3-4-9(7)10(12)11(8)6-13-11/h2-4,7-9H,1,5-6H2. The van der Waals surface area contributed by atoms with Crippen LogP contribution < -0.4 is 0 Å². The van der Waals surface area contributed by atoms with Crippen molar-refractivity contribution in [1.29, 1.82) is 0 Å². The van der Waals surface area contributed by atoms with Crippen LogP contribution in [0.1, 0.15) is 6.42 Å². The molecule has 2 nitrogen and oxygen atoms in total. The fourth-order valence-corrected chi connectivity index (χ4v) is 2.68. The highest BCUT2D eigenvalue weighted by atomic mass is 16.6. The molecular weight excluding hydrogens is 164 g/mol. The number of rotatable bonds is 1. The lowest BCUT2D eigenvalue weighted by Crippen LogP contribution is -2.48. The molecule has 68 valence electrons. The summed E-state index contributed by atoms with van der Waals surface area (Å²) in [7, 11) is 0. The van der Waals surface area contributed by atoms with E-state index in [0.29, 0.717) is 18.4 Å². The molecule has 1 heterocycles. The molecular formula is C11H12O2. The first kappa shape index (κ1) is 7.51. The van der Waals surface area contributed by atoms with Crippen molar-refractivity contribution in [2.45, 2.75) is 12.0 Å². The third-order valence-corrected chi connectivity index (χ3v) is 3.62. The summed E-state index contributed by atoms with van der Waals surface area (Å²) in [6.45, 7) is 4.42. The van der Waals surface area contributed by atoms with Crippen LogP contribution >= 0.6 is 0 Å². The van der Waals surface area contributed by atoms with Crippen LogP contribution in [0.2, 0.25) is 0 Å². The van der Waals surface area contributed by atoms with Crippen LogP contribution in [-0.2, 0) is 9.53 Å². The number of ether oxygens (including phenoxy) is 1. The highest BCUT2D eigenvalue weighted by Gasteiger charge is 2.63. The maximum atomic E-state index is 11.9. The predicted molar refractivity (Wildman–Crippen MR) is 48.1 cm³/mol. The van der Waals surface area contributed by atoms with Gasteiger partial charge < -0.3 is 4.74 Å². The van der Waals surface area contributed by atoms with Gasteiger partial charge in [-0.05, 0) is 12.3 Å². The van der Waals surface area contributed by atoms with Crippen LogP contribution in [-0.4, -0.2) is 18.0 Å². The quantitative estimate of drug-likeness (QED) is 0.445. The van der Waals surface area contributed by atoms with Crippen molar-refractivity contribution < 1.29 is 9.53 Å². The first-order valence-electron chi connectivity index (χ1n) is 4.77. The van der Waals surface area contributed by atoms with Gasteiger partial charge >= 0.3 is 0 Å². The summed E-state index contributed by atoms with van der Waals surface area (Å²) in [5.74, 6) is 0.992. The molecule has 0 radical (unpaired) electrons. The average Bonchev–Trinajstić information content (AvgIpc) is 2.95. The Balaban J connectivity index is 2.03. The average molecular weight is 176 g/mol. The SMILES string of the molecule is C=CC1CC2C=CC1C(=O)C21CO1. The second kappa shape index (κ2) is 2.13. The maximum Gasteiger partial charge on any atom is 0.175 e. The predicted octanol–water partition coefficient (Wildman–Crippen LogP) is 1.33. The van der Waals surface area contributed by atoms with Crippen molar-refractivity contribution >= 4 is 5.78 Å². The number of ketones is 1. The molecule has 0 aromatic carbocycles. The zero-order valence-electron chi connectivity index (χ0n) is 7.40. The van der Waals surface area contributed by atoms with Gasteiger partial charge in [0.25, 0.3) is 0 Å². The lowest BCUT2D eigenvalue weighted by molar-refractivity contribution is -0.133. The molecule has 3 aliphatic carbocycles. The Bertz CT molecular complexity index is 312. The van der Waals surface area contributed by atoms with Crippen molar-refractivity contribution in [2.24, 2.45) is 17.8 Å². The van der Waals surface area contributed by atoms with E-state index in [0.717, 1.165) is 6.42 Å². The van der Waals surface area contributed by atoms with Gasteiger partial charge in [-0.15, -0.1) is 6.58 Å². The van der Waals surface area contributed by atoms with Crippen LogP contribution in [0.5, 0.6) is 0 Å². The Morgan fingerprint density at radius 3 is 2.92 bits per heavy atom.